The topological polar surface area (TPSA) is 364 Å². The summed E-state index contributed by atoms with van der Waals surface area (Å²) in [5, 5.41) is 13.8. The number of aliphatic hydroxyl groups is 1. The second kappa shape index (κ2) is 21.4. The number of phosphoric acid groups is 2. The van der Waals surface area contributed by atoms with Gasteiger partial charge in [-0.25, -0.2) is 33.7 Å². The van der Waals surface area contributed by atoms with E-state index in [2.05, 4.69) is 36.4 Å². The first-order chi connectivity index (χ1) is 30.4. The van der Waals surface area contributed by atoms with Crippen molar-refractivity contribution in [3.63, 3.8) is 0 Å². The van der Waals surface area contributed by atoms with Gasteiger partial charge >= 0.3 is 27.3 Å². The van der Waals surface area contributed by atoms with Crippen LogP contribution in [0.1, 0.15) is 43.7 Å². The molecule has 5 heterocycles. The van der Waals surface area contributed by atoms with Gasteiger partial charge in [0.2, 0.25) is 5.91 Å². The molecule has 0 saturated carbocycles. The van der Waals surface area contributed by atoms with Gasteiger partial charge in [-0.05, 0) is 24.5 Å². The van der Waals surface area contributed by atoms with Crippen LogP contribution in [0.25, 0.3) is 11.2 Å². The summed E-state index contributed by atoms with van der Waals surface area (Å²) in [7, 11) is -10.4. The van der Waals surface area contributed by atoms with Crippen LogP contribution >= 0.6 is 27.4 Å². The molecule has 6 rings (SSSR count). The number of benzene rings is 1. The highest BCUT2D eigenvalue weighted by Crippen LogP contribution is 2.50. The lowest BCUT2D eigenvalue weighted by molar-refractivity contribution is -0.160. The number of nitrogens with two attached hydrogens (primary N) is 2. The average Bonchev–Trinajstić information content (AvgIpc) is 3.93. The van der Waals surface area contributed by atoms with Gasteiger partial charge < -0.3 is 50.8 Å². The maximum atomic E-state index is 13.9. The number of carbonyl (C=O) groups is 3. The zero-order valence-corrected chi connectivity index (χ0v) is 36.2. The SMILES string of the molecule is C=CCCC(=O)NC(CC(=O)SCCc1ccccc1)C(=O)O[C@H]1[C@@H](O)[C@H](n2cnc3c(N)ncnc32)O[C@@H]1COP(=O)(O)O[C@H]1C[C@H](n2ccc(N)nc2=O)O[C@@H]1COP(=O)(O)O. The van der Waals surface area contributed by atoms with Gasteiger partial charge in [0.05, 0.1) is 19.5 Å². The normalized spacial score (nSPS) is 23.7. The molecular weight excluding hydrogens is 908 g/mol. The summed E-state index contributed by atoms with van der Waals surface area (Å²) in [6.45, 7) is 1.78. The number of hydrogen-bond donors (Lipinski definition) is 7. The monoisotopic (exact) mass is 953 g/mol. The third-order valence-electron chi connectivity index (χ3n) is 9.71. The van der Waals surface area contributed by atoms with Crippen molar-refractivity contribution in [2.24, 2.45) is 0 Å². The Labute approximate surface area is 367 Å². The second-order valence-electron chi connectivity index (χ2n) is 14.2. The Hall–Kier alpha value is -4.95. The van der Waals surface area contributed by atoms with E-state index in [0.29, 0.717) is 12.2 Å². The van der Waals surface area contributed by atoms with E-state index in [0.717, 1.165) is 28.2 Å². The fourth-order valence-electron chi connectivity index (χ4n) is 6.66. The third kappa shape index (κ3) is 12.9. The molecule has 1 amide bonds. The summed E-state index contributed by atoms with van der Waals surface area (Å²) < 4.78 is 60.1. The van der Waals surface area contributed by atoms with Crippen molar-refractivity contribution in [1.82, 2.24) is 34.4 Å². The number of fused-ring (bicyclic) bond motifs is 1. The number of imidazole rings is 1. The summed E-state index contributed by atoms with van der Waals surface area (Å²) in [6, 6.07) is 9.08. The Bertz CT molecular complexity index is 2460. The van der Waals surface area contributed by atoms with Crippen molar-refractivity contribution < 1.29 is 71.1 Å². The molecule has 2 fully saturated rings. The van der Waals surface area contributed by atoms with Crippen LogP contribution in [0.3, 0.4) is 0 Å². The van der Waals surface area contributed by atoms with Crippen LogP contribution in [0.15, 0.2) is 72.7 Å². The average molecular weight is 954 g/mol. The number of carbonyl (C=O) groups excluding carboxylic acids is 3. The number of hydrogen-bond acceptors (Lipinski definition) is 20. The second-order valence-corrected chi connectivity index (χ2v) is 18.0. The van der Waals surface area contributed by atoms with E-state index >= 15 is 0 Å². The molecule has 4 aromatic rings. The van der Waals surface area contributed by atoms with Gasteiger partial charge in [0, 0.05) is 31.2 Å². The van der Waals surface area contributed by atoms with Crippen LogP contribution in [0, 0.1) is 0 Å². The number of aliphatic hydroxyl groups excluding tert-OH is 1. The molecule has 346 valence electrons. The summed E-state index contributed by atoms with van der Waals surface area (Å²) >= 11 is 0.941. The summed E-state index contributed by atoms with van der Waals surface area (Å²) in [5.74, 6) is -1.53. The first kappa shape index (κ1) is 48.5. The number of thioether (sulfide) groups is 1. The number of phosphoric ester groups is 2. The minimum absolute atomic E-state index is 0.0148. The van der Waals surface area contributed by atoms with Crippen molar-refractivity contribution in [1.29, 1.82) is 0 Å². The molecule has 2 aliphatic heterocycles. The fraction of sp³-hybridized carbons (Fsp3) is 0.444. The lowest BCUT2D eigenvalue weighted by Gasteiger charge is -2.25. The predicted molar refractivity (Wildman–Crippen MR) is 223 cm³/mol. The van der Waals surface area contributed by atoms with Gasteiger partial charge in [-0.3, -0.25) is 32.3 Å². The van der Waals surface area contributed by atoms with Crippen molar-refractivity contribution in [2.75, 3.05) is 30.4 Å². The lowest BCUT2D eigenvalue weighted by atomic mass is 10.1. The molecule has 0 aliphatic carbocycles. The number of ether oxygens (including phenoxy) is 3. The number of esters is 1. The number of amides is 1. The van der Waals surface area contributed by atoms with Crippen molar-refractivity contribution in [2.45, 2.75) is 81.1 Å². The van der Waals surface area contributed by atoms with Gasteiger partial charge in [-0.1, -0.05) is 48.2 Å². The van der Waals surface area contributed by atoms with E-state index in [9.17, 15) is 48.1 Å². The maximum absolute atomic E-state index is 13.9. The molecule has 0 spiro atoms. The van der Waals surface area contributed by atoms with Crippen LogP contribution < -0.4 is 22.5 Å². The molecule has 0 radical (unpaired) electrons. The van der Waals surface area contributed by atoms with E-state index in [-0.39, 0.29) is 42.1 Å². The maximum Gasteiger partial charge on any atom is 0.472 e. The van der Waals surface area contributed by atoms with E-state index < -0.39 is 107 Å². The number of nitrogens with zero attached hydrogens (tertiary/aromatic N) is 6. The molecule has 2 saturated heterocycles. The summed E-state index contributed by atoms with van der Waals surface area (Å²) in [5.41, 5.74) is 11.8. The Balaban J connectivity index is 1.21. The number of rotatable bonds is 21. The Morgan fingerprint density at radius 3 is 2.50 bits per heavy atom. The predicted octanol–water partition coefficient (Wildman–Crippen LogP) is 0.660. The number of aromatic nitrogens is 6. The highest BCUT2D eigenvalue weighted by molar-refractivity contribution is 8.13. The van der Waals surface area contributed by atoms with Gasteiger partial charge in [-0.2, -0.15) is 4.98 Å². The molecule has 3 aromatic heterocycles. The quantitative estimate of drug-likeness (QED) is 0.0343. The molecule has 25 nitrogen and oxygen atoms in total. The van der Waals surface area contributed by atoms with Crippen LogP contribution in [-0.2, 0) is 57.7 Å². The molecule has 0 bridgehead atoms. The summed E-state index contributed by atoms with van der Waals surface area (Å²) in [4.78, 5) is 97.9. The van der Waals surface area contributed by atoms with Gasteiger partial charge in [0.25, 0.3) is 0 Å². The highest BCUT2D eigenvalue weighted by Gasteiger charge is 2.50. The molecule has 28 heteroatoms. The Morgan fingerprint density at radius 1 is 1.03 bits per heavy atom. The fourth-order valence-corrected chi connectivity index (χ4v) is 8.82. The van der Waals surface area contributed by atoms with E-state index in [1.807, 2.05) is 30.3 Å². The van der Waals surface area contributed by atoms with Gasteiger partial charge in [0.15, 0.2) is 28.9 Å². The largest absolute Gasteiger partial charge is 0.472 e. The minimum Gasteiger partial charge on any atom is -0.455 e. The number of allylic oxidation sites excluding steroid dienone is 1. The lowest BCUT2D eigenvalue weighted by Crippen LogP contribution is -2.47. The molecule has 2 aliphatic rings. The number of anilines is 2. The van der Waals surface area contributed by atoms with Crippen molar-refractivity contribution >= 4 is 67.2 Å². The van der Waals surface area contributed by atoms with Gasteiger partial charge in [0.1, 0.15) is 54.3 Å². The molecule has 9 N–H and O–H groups in total. The first-order valence-electron chi connectivity index (χ1n) is 19.3. The standard InChI is InChI=1S/C36H45N9O16P2S/c1-2-3-9-26(46)42-21(14-28(47)64-13-11-20-7-5-4-6-8-20)35(49)60-31-24(59-34(30(31)48)45-19-41-29-32(38)39-18-40-33(29)45)17-57-63(54,55)61-22-15-27(44-12-10-25(37)43-36(44)50)58-23(22)16-56-62(51,52)53/h2,4-8,10,12,18-19,21-24,27,30-31,34,48H,1,3,9,11,13-17H2,(H,42,46)(H,54,55)(H2,37,43,50)(H2,38,39,40)(H2,51,52,53)/t21?,22-,23+,24+,27+,30+,31+,34+/m0/s1. The summed E-state index contributed by atoms with van der Waals surface area (Å²) in [6.07, 6.45) is -5.90. The zero-order chi connectivity index (χ0) is 46.2. The van der Waals surface area contributed by atoms with Crippen LogP contribution in [0.2, 0.25) is 0 Å². The van der Waals surface area contributed by atoms with Crippen LogP contribution in [-0.4, -0.2) is 121 Å². The Morgan fingerprint density at radius 2 is 1.78 bits per heavy atom. The smallest absolute Gasteiger partial charge is 0.455 e. The van der Waals surface area contributed by atoms with Crippen molar-refractivity contribution in [3.8, 4) is 0 Å². The molecular formula is C36H45N9O16P2S. The third-order valence-corrected chi connectivity index (χ3v) is 12.1. The number of nitrogen functional groups attached to an aromatic ring is 2. The molecule has 9 atom stereocenters. The van der Waals surface area contributed by atoms with E-state index in [1.165, 1.54) is 29.2 Å². The number of aryl methyl sites for hydroxylation is 1. The van der Waals surface area contributed by atoms with Gasteiger partial charge in [-0.15, -0.1) is 6.58 Å². The molecule has 64 heavy (non-hydrogen) atoms. The zero-order valence-electron chi connectivity index (χ0n) is 33.6. The molecule has 2 unspecified atom stereocenters. The first-order valence-corrected chi connectivity index (χ1v) is 23.3. The molecule has 1 aromatic carbocycles. The minimum atomic E-state index is -5.26. The van der Waals surface area contributed by atoms with E-state index in [4.69, 9.17) is 34.7 Å². The Kier molecular flexibility index (Phi) is 16.2. The highest BCUT2D eigenvalue weighted by atomic mass is 32.2. The van der Waals surface area contributed by atoms with E-state index in [1.54, 1.807) is 0 Å². The number of nitrogens with one attached hydrogen (secondary N) is 1. The van der Waals surface area contributed by atoms with Crippen LogP contribution in [0.5, 0.6) is 0 Å². The van der Waals surface area contributed by atoms with Crippen LogP contribution in [0.4, 0.5) is 11.6 Å². The van der Waals surface area contributed by atoms with Crippen molar-refractivity contribution in [3.05, 3.63) is 84.0 Å².